The minimum Gasteiger partial charge on any atom is -0.478 e. The first-order valence-corrected chi connectivity index (χ1v) is 6.92. The third kappa shape index (κ3) is 3.72. The standard InChI is InChI=1S/C13H11ClN2O3S/c14-11-4-3-8(6-10(11)12(17)18)16-13(19)15-7-9-2-1-5-20-9/h1-6H,7H2,(H,17,18)(H2,15,16,19). The van der Waals surface area contributed by atoms with Gasteiger partial charge in [0.2, 0.25) is 0 Å². The molecule has 0 radical (unpaired) electrons. The molecule has 3 N–H and O–H groups in total. The molecule has 1 heterocycles. The second-order valence-corrected chi connectivity index (χ2v) is 5.33. The quantitative estimate of drug-likeness (QED) is 0.809. The number of aromatic carboxylic acids is 1. The molecule has 0 saturated heterocycles. The smallest absolute Gasteiger partial charge is 0.337 e. The SMILES string of the molecule is O=C(NCc1cccs1)Nc1ccc(Cl)c(C(=O)O)c1. The lowest BCUT2D eigenvalue weighted by Crippen LogP contribution is -2.27. The van der Waals surface area contributed by atoms with Gasteiger partial charge in [-0.2, -0.15) is 0 Å². The molecule has 2 amide bonds. The Bertz CT molecular complexity index is 629. The molecule has 5 nitrogen and oxygen atoms in total. The third-order valence-electron chi connectivity index (χ3n) is 2.46. The molecular formula is C13H11ClN2O3S. The molecule has 0 atom stereocenters. The average Bonchev–Trinajstić information content (AvgIpc) is 2.91. The number of nitrogens with one attached hydrogen (secondary N) is 2. The number of amides is 2. The Hall–Kier alpha value is -2.05. The van der Waals surface area contributed by atoms with Crippen LogP contribution in [0.4, 0.5) is 10.5 Å². The molecule has 0 spiro atoms. The second-order valence-electron chi connectivity index (χ2n) is 3.89. The summed E-state index contributed by atoms with van der Waals surface area (Å²) in [6.45, 7) is 0.420. The van der Waals surface area contributed by atoms with Crippen molar-refractivity contribution in [2.45, 2.75) is 6.54 Å². The maximum atomic E-state index is 11.7. The first kappa shape index (κ1) is 14.4. The maximum Gasteiger partial charge on any atom is 0.337 e. The van der Waals surface area contributed by atoms with Crippen molar-refractivity contribution < 1.29 is 14.7 Å². The van der Waals surface area contributed by atoms with Gasteiger partial charge in [-0.1, -0.05) is 17.7 Å². The van der Waals surface area contributed by atoms with Crippen LogP contribution in [0.1, 0.15) is 15.2 Å². The summed E-state index contributed by atoms with van der Waals surface area (Å²) in [6.07, 6.45) is 0. The Morgan fingerprint density at radius 1 is 1.30 bits per heavy atom. The summed E-state index contributed by atoms with van der Waals surface area (Å²) in [7, 11) is 0. The number of hydrogen-bond donors (Lipinski definition) is 3. The molecule has 104 valence electrons. The average molecular weight is 311 g/mol. The fourth-order valence-electron chi connectivity index (χ4n) is 1.52. The van der Waals surface area contributed by atoms with Gasteiger partial charge in [0.1, 0.15) is 0 Å². The molecule has 7 heteroatoms. The monoisotopic (exact) mass is 310 g/mol. The summed E-state index contributed by atoms with van der Waals surface area (Å²) < 4.78 is 0. The fraction of sp³-hybridized carbons (Fsp3) is 0.0769. The number of urea groups is 1. The summed E-state index contributed by atoms with van der Waals surface area (Å²) in [5.41, 5.74) is 0.318. The molecular weight excluding hydrogens is 300 g/mol. The molecule has 0 bridgehead atoms. The first-order valence-electron chi connectivity index (χ1n) is 5.66. The summed E-state index contributed by atoms with van der Waals surface area (Å²) in [4.78, 5) is 23.6. The van der Waals surface area contributed by atoms with Gasteiger partial charge < -0.3 is 15.7 Å². The Balaban J connectivity index is 1.97. The van der Waals surface area contributed by atoms with E-state index in [0.717, 1.165) is 4.88 Å². The Kier molecular flexibility index (Phi) is 4.60. The topological polar surface area (TPSA) is 78.4 Å². The minimum atomic E-state index is -1.14. The van der Waals surface area contributed by atoms with Gasteiger partial charge in [0.15, 0.2) is 0 Å². The molecule has 0 fully saturated rings. The normalized spacial score (nSPS) is 10.1. The number of anilines is 1. The van der Waals surface area contributed by atoms with Crippen molar-refractivity contribution in [1.29, 1.82) is 0 Å². The molecule has 1 aromatic carbocycles. The van der Waals surface area contributed by atoms with E-state index in [9.17, 15) is 9.59 Å². The molecule has 1 aromatic heterocycles. The Labute approximate surface area is 124 Å². The van der Waals surface area contributed by atoms with Gasteiger partial charge >= 0.3 is 12.0 Å². The molecule has 0 saturated carbocycles. The Morgan fingerprint density at radius 2 is 2.10 bits per heavy atom. The van der Waals surface area contributed by atoms with Crippen molar-refractivity contribution in [1.82, 2.24) is 5.32 Å². The fourth-order valence-corrected chi connectivity index (χ4v) is 2.37. The summed E-state index contributed by atoms with van der Waals surface area (Å²) in [5.74, 6) is -1.14. The van der Waals surface area contributed by atoms with Crippen LogP contribution < -0.4 is 10.6 Å². The lowest BCUT2D eigenvalue weighted by Gasteiger charge is -2.08. The van der Waals surface area contributed by atoms with Crippen LogP contribution in [0.25, 0.3) is 0 Å². The van der Waals surface area contributed by atoms with E-state index < -0.39 is 12.0 Å². The number of carbonyl (C=O) groups is 2. The van der Waals surface area contributed by atoms with Crippen molar-refractivity contribution in [3.8, 4) is 0 Å². The number of thiophene rings is 1. The van der Waals surface area contributed by atoms with E-state index in [2.05, 4.69) is 10.6 Å². The van der Waals surface area contributed by atoms with Crippen LogP contribution in [0.2, 0.25) is 5.02 Å². The van der Waals surface area contributed by atoms with Crippen LogP contribution >= 0.6 is 22.9 Å². The number of carboxylic acid groups (broad SMARTS) is 1. The molecule has 20 heavy (non-hydrogen) atoms. The van der Waals surface area contributed by atoms with E-state index in [1.54, 1.807) is 17.4 Å². The summed E-state index contributed by atoms with van der Waals surface area (Å²) >= 11 is 7.29. The number of carboxylic acids is 1. The van der Waals surface area contributed by atoms with E-state index in [4.69, 9.17) is 16.7 Å². The number of benzene rings is 1. The number of hydrogen-bond acceptors (Lipinski definition) is 3. The van der Waals surface area contributed by atoms with Crippen molar-refractivity contribution in [3.05, 3.63) is 51.2 Å². The highest BCUT2D eigenvalue weighted by Crippen LogP contribution is 2.20. The van der Waals surface area contributed by atoms with Crippen molar-refractivity contribution >= 4 is 40.6 Å². The van der Waals surface area contributed by atoms with E-state index in [0.29, 0.717) is 12.2 Å². The highest BCUT2D eigenvalue weighted by atomic mass is 35.5. The Morgan fingerprint density at radius 3 is 2.75 bits per heavy atom. The van der Waals surface area contributed by atoms with Gasteiger partial charge in [-0.05, 0) is 29.6 Å². The molecule has 0 aliphatic heterocycles. The predicted octanol–water partition coefficient (Wildman–Crippen LogP) is 3.42. The van der Waals surface area contributed by atoms with Crippen LogP contribution in [-0.2, 0) is 6.54 Å². The second kappa shape index (κ2) is 6.40. The van der Waals surface area contributed by atoms with Crippen molar-refractivity contribution in [2.75, 3.05) is 5.32 Å². The van der Waals surface area contributed by atoms with Crippen LogP contribution in [-0.4, -0.2) is 17.1 Å². The predicted molar refractivity (Wildman–Crippen MR) is 78.6 cm³/mol. The zero-order chi connectivity index (χ0) is 14.5. The number of rotatable bonds is 4. The van der Waals surface area contributed by atoms with Crippen molar-refractivity contribution in [3.63, 3.8) is 0 Å². The van der Waals surface area contributed by atoms with E-state index in [1.165, 1.54) is 12.1 Å². The van der Waals surface area contributed by atoms with Crippen LogP contribution in [0.5, 0.6) is 0 Å². The van der Waals surface area contributed by atoms with Crippen LogP contribution in [0.3, 0.4) is 0 Å². The lowest BCUT2D eigenvalue weighted by molar-refractivity contribution is 0.0697. The number of carbonyl (C=O) groups excluding carboxylic acids is 1. The van der Waals surface area contributed by atoms with Gasteiger partial charge in [0.05, 0.1) is 17.1 Å². The number of halogens is 1. The maximum absolute atomic E-state index is 11.7. The highest BCUT2D eigenvalue weighted by Gasteiger charge is 2.10. The van der Waals surface area contributed by atoms with E-state index >= 15 is 0 Å². The highest BCUT2D eigenvalue weighted by molar-refractivity contribution is 7.09. The van der Waals surface area contributed by atoms with Gasteiger partial charge in [-0.25, -0.2) is 9.59 Å². The third-order valence-corrected chi connectivity index (χ3v) is 3.66. The van der Waals surface area contributed by atoms with Crippen LogP contribution in [0, 0.1) is 0 Å². The summed E-state index contributed by atoms with van der Waals surface area (Å²) in [6, 6.07) is 7.69. The van der Waals surface area contributed by atoms with Crippen molar-refractivity contribution in [2.24, 2.45) is 0 Å². The van der Waals surface area contributed by atoms with Gasteiger partial charge in [-0.15, -0.1) is 11.3 Å². The lowest BCUT2D eigenvalue weighted by atomic mass is 10.2. The molecule has 0 unspecified atom stereocenters. The largest absolute Gasteiger partial charge is 0.478 e. The van der Waals surface area contributed by atoms with Gasteiger partial charge in [0, 0.05) is 10.6 Å². The zero-order valence-corrected chi connectivity index (χ0v) is 11.8. The molecule has 2 rings (SSSR count). The van der Waals surface area contributed by atoms with Gasteiger partial charge in [0.25, 0.3) is 0 Å². The zero-order valence-electron chi connectivity index (χ0n) is 10.2. The molecule has 0 aliphatic rings. The first-order chi connectivity index (χ1) is 9.56. The summed E-state index contributed by atoms with van der Waals surface area (Å²) in [5, 5.41) is 16.2. The van der Waals surface area contributed by atoms with Gasteiger partial charge in [-0.3, -0.25) is 0 Å². The van der Waals surface area contributed by atoms with E-state index in [-0.39, 0.29) is 10.6 Å². The van der Waals surface area contributed by atoms with E-state index in [1.807, 2.05) is 17.5 Å². The molecule has 2 aromatic rings. The minimum absolute atomic E-state index is 0.0530. The van der Waals surface area contributed by atoms with Crippen LogP contribution in [0.15, 0.2) is 35.7 Å². The molecule has 0 aliphatic carbocycles.